The molecule has 7 nitrogen and oxygen atoms in total. The molecule has 0 bridgehead atoms. The Morgan fingerprint density at radius 2 is 2.00 bits per heavy atom. The maximum atomic E-state index is 14.5. The largest absolute Gasteiger partial charge is 0.446 e. The summed E-state index contributed by atoms with van der Waals surface area (Å²) < 4.78 is 19.8. The minimum absolute atomic E-state index is 0.0171. The first-order chi connectivity index (χ1) is 14.4. The van der Waals surface area contributed by atoms with Gasteiger partial charge in [-0.15, -0.1) is 11.3 Å². The molecule has 0 aliphatic carbocycles. The number of furan rings is 1. The van der Waals surface area contributed by atoms with Crippen LogP contribution in [-0.2, 0) is 0 Å². The van der Waals surface area contributed by atoms with Gasteiger partial charge < -0.3 is 14.6 Å². The average molecular weight is 424 g/mol. The van der Waals surface area contributed by atoms with Gasteiger partial charge in [0.2, 0.25) is 0 Å². The van der Waals surface area contributed by atoms with E-state index < -0.39 is 11.7 Å². The molecule has 1 aromatic carbocycles. The van der Waals surface area contributed by atoms with Crippen LogP contribution >= 0.6 is 11.3 Å². The zero-order valence-corrected chi connectivity index (χ0v) is 16.9. The zero-order valence-electron chi connectivity index (χ0n) is 16.1. The number of thiophene rings is 1. The molecule has 9 heteroatoms. The number of rotatable bonds is 5. The second-order valence-corrected chi connectivity index (χ2v) is 7.63. The van der Waals surface area contributed by atoms with Gasteiger partial charge in [0.1, 0.15) is 5.82 Å². The van der Waals surface area contributed by atoms with Gasteiger partial charge >= 0.3 is 0 Å². The molecule has 0 atom stereocenters. The number of halogens is 1. The van der Waals surface area contributed by atoms with Crippen molar-refractivity contribution in [2.24, 2.45) is 0 Å². The van der Waals surface area contributed by atoms with Gasteiger partial charge in [-0.1, -0.05) is 6.07 Å². The van der Waals surface area contributed by atoms with Crippen LogP contribution < -0.4 is 5.32 Å². The summed E-state index contributed by atoms with van der Waals surface area (Å²) >= 11 is 1.59. The molecule has 4 rings (SSSR count). The molecular formula is C21H17FN4O3S. The van der Waals surface area contributed by atoms with Crippen molar-refractivity contribution in [1.29, 1.82) is 0 Å². The highest BCUT2D eigenvalue weighted by Crippen LogP contribution is 2.26. The van der Waals surface area contributed by atoms with Crippen molar-refractivity contribution in [3.63, 3.8) is 0 Å². The lowest BCUT2D eigenvalue weighted by Crippen LogP contribution is -2.21. The van der Waals surface area contributed by atoms with Crippen molar-refractivity contribution >= 4 is 51.9 Å². The Balaban J connectivity index is 1.59. The van der Waals surface area contributed by atoms with Gasteiger partial charge in [0.05, 0.1) is 16.9 Å². The predicted molar refractivity (Wildman–Crippen MR) is 114 cm³/mol. The molecular weight excluding hydrogens is 407 g/mol. The highest BCUT2D eigenvalue weighted by molar-refractivity contribution is 7.10. The number of carbonyl (C=O) groups is 2. The summed E-state index contributed by atoms with van der Waals surface area (Å²) in [4.78, 5) is 26.8. The number of nitrogens with zero attached hydrogens (tertiary/aromatic N) is 2. The van der Waals surface area contributed by atoms with E-state index in [1.54, 1.807) is 25.4 Å². The van der Waals surface area contributed by atoms with E-state index in [-0.39, 0.29) is 23.1 Å². The minimum atomic E-state index is -0.662. The predicted octanol–water partition coefficient (Wildman–Crippen LogP) is 4.48. The Bertz CT molecular complexity index is 1250. The van der Waals surface area contributed by atoms with Crippen LogP contribution in [0, 0.1) is 5.82 Å². The van der Waals surface area contributed by atoms with Crippen LogP contribution in [0.4, 0.5) is 10.1 Å². The van der Waals surface area contributed by atoms with Crippen molar-refractivity contribution in [3.05, 3.63) is 69.7 Å². The standard InChI is InChI=1S/C21H17FN4O3S/c1-26(2)21(28)19-8-7-18(29-19)20(27)23-17-10-13-15(6-5-12-4-3-9-30-12)24-25-16(13)11-14(17)22/h3-11H,1-2H3,(H,23,27)(H,24,25)/b6-5+. The first kappa shape index (κ1) is 19.6. The highest BCUT2D eigenvalue weighted by atomic mass is 32.1. The van der Waals surface area contributed by atoms with Crippen LogP contribution in [0.15, 0.2) is 46.2 Å². The Morgan fingerprint density at radius 3 is 2.73 bits per heavy atom. The Kier molecular flexibility index (Phi) is 5.20. The van der Waals surface area contributed by atoms with Crippen molar-refractivity contribution < 1.29 is 18.4 Å². The van der Waals surface area contributed by atoms with Crippen LogP contribution in [0.2, 0.25) is 0 Å². The molecule has 0 fully saturated rings. The number of fused-ring (bicyclic) bond motifs is 1. The maximum absolute atomic E-state index is 14.5. The SMILES string of the molecule is CN(C)C(=O)c1ccc(C(=O)Nc2cc3c(/C=C/c4cccs4)n[nH]c3cc2F)o1. The number of nitrogens with one attached hydrogen (secondary N) is 2. The molecule has 4 aromatic rings. The number of carbonyl (C=O) groups excluding carboxylic acids is 2. The molecule has 0 saturated carbocycles. The average Bonchev–Trinajstić information content (AvgIpc) is 3.47. The summed E-state index contributed by atoms with van der Waals surface area (Å²) in [6.07, 6.45) is 3.73. The molecule has 3 aromatic heterocycles. The first-order valence-electron chi connectivity index (χ1n) is 8.94. The van der Waals surface area contributed by atoms with Crippen LogP contribution in [0.1, 0.15) is 31.7 Å². The first-order valence-corrected chi connectivity index (χ1v) is 9.82. The Labute approximate surface area is 174 Å². The van der Waals surface area contributed by atoms with Crippen LogP contribution in [0.25, 0.3) is 23.1 Å². The number of benzene rings is 1. The maximum Gasteiger partial charge on any atom is 0.291 e. The number of amides is 2. The quantitative estimate of drug-likeness (QED) is 0.494. The number of hydrogen-bond acceptors (Lipinski definition) is 5. The third kappa shape index (κ3) is 3.87. The van der Waals surface area contributed by atoms with Gasteiger partial charge in [0, 0.05) is 30.4 Å². The van der Waals surface area contributed by atoms with Gasteiger partial charge in [0.15, 0.2) is 11.5 Å². The third-order valence-electron chi connectivity index (χ3n) is 4.32. The second-order valence-electron chi connectivity index (χ2n) is 6.65. The van der Waals surface area contributed by atoms with E-state index >= 15 is 0 Å². The fourth-order valence-electron chi connectivity index (χ4n) is 2.81. The summed E-state index contributed by atoms with van der Waals surface area (Å²) in [7, 11) is 3.15. The summed E-state index contributed by atoms with van der Waals surface area (Å²) in [6.45, 7) is 0. The molecule has 0 unspecified atom stereocenters. The summed E-state index contributed by atoms with van der Waals surface area (Å²) in [5, 5.41) is 12.1. The van der Waals surface area contributed by atoms with Gasteiger partial charge in [0.25, 0.3) is 11.8 Å². The molecule has 3 heterocycles. The molecule has 2 N–H and O–H groups in total. The Hall–Kier alpha value is -3.72. The third-order valence-corrected chi connectivity index (χ3v) is 5.16. The molecule has 0 spiro atoms. The molecule has 0 aliphatic heterocycles. The summed E-state index contributed by atoms with van der Waals surface area (Å²) in [6, 6.07) is 9.47. The number of anilines is 1. The topological polar surface area (TPSA) is 91.2 Å². The molecule has 2 amide bonds. The van der Waals surface area contributed by atoms with E-state index in [2.05, 4.69) is 15.5 Å². The van der Waals surface area contributed by atoms with Crippen LogP contribution in [-0.4, -0.2) is 41.0 Å². The van der Waals surface area contributed by atoms with Gasteiger partial charge in [-0.2, -0.15) is 5.10 Å². The molecule has 0 saturated heterocycles. The normalized spacial score (nSPS) is 11.3. The second kappa shape index (κ2) is 7.96. The molecule has 30 heavy (non-hydrogen) atoms. The van der Waals surface area contributed by atoms with Crippen molar-refractivity contribution in [3.8, 4) is 0 Å². The van der Waals surface area contributed by atoms with E-state index in [1.165, 1.54) is 29.2 Å². The van der Waals surface area contributed by atoms with E-state index in [9.17, 15) is 14.0 Å². The van der Waals surface area contributed by atoms with Gasteiger partial charge in [-0.05, 0) is 41.8 Å². The van der Waals surface area contributed by atoms with Gasteiger partial charge in [-0.3, -0.25) is 14.7 Å². The zero-order chi connectivity index (χ0) is 21.3. The van der Waals surface area contributed by atoms with Crippen molar-refractivity contribution in [2.75, 3.05) is 19.4 Å². The summed E-state index contributed by atoms with van der Waals surface area (Å²) in [5.41, 5.74) is 1.11. The van der Waals surface area contributed by atoms with Crippen molar-refractivity contribution in [1.82, 2.24) is 15.1 Å². The fourth-order valence-corrected chi connectivity index (χ4v) is 3.43. The van der Waals surface area contributed by atoms with Crippen LogP contribution in [0.5, 0.6) is 0 Å². The van der Waals surface area contributed by atoms with Crippen molar-refractivity contribution in [2.45, 2.75) is 0 Å². The van der Waals surface area contributed by atoms with Crippen LogP contribution in [0.3, 0.4) is 0 Å². The minimum Gasteiger partial charge on any atom is -0.446 e. The Morgan fingerprint density at radius 1 is 1.20 bits per heavy atom. The lowest BCUT2D eigenvalue weighted by molar-refractivity contribution is 0.0793. The molecule has 0 aliphatic rings. The molecule has 152 valence electrons. The lowest BCUT2D eigenvalue weighted by Gasteiger charge is -2.07. The number of aromatic nitrogens is 2. The number of aromatic amines is 1. The highest BCUT2D eigenvalue weighted by Gasteiger charge is 2.19. The van der Waals surface area contributed by atoms with Gasteiger partial charge in [-0.25, -0.2) is 4.39 Å². The monoisotopic (exact) mass is 424 g/mol. The lowest BCUT2D eigenvalue weighted by atomic mass is 10.1. The number of H-pyrrole nitrogens is 1. The fraction of sp³-hybridized carbons (Fsp3) is 0.0952. The molecule has 0 radical (unpaired) electrons. The van der Waals surface area contributed by atoms with E-state index in [4.69, 9.17) is 4.42 Å². The smallest absolute Gasteiger partial charge is 0.291 e. The van der Waals surface area contributed by atoms with E-state index in [0.717, 1.165) is 4.88 Å². The summed E-state index contributed by atoms with van der Waals surface area (Å²) in [5.74, 6) is -1.72. The van der Waals surface area contributed by atoms with E-state index in [0.29, 0.717) is 16.6 Å². The van der Waals surface area contributed by atoms with E-state index in [1.807, 2.05) is 29.7 Å². The number of hydrogen-bond donors (Lipinski definition) is 2.